The first-order valence-electron chi connectivity index (χ1n) is 16.8. The second-order valence-corrected chi connectivity index (χ2v) is 14.4. The SMILES string of the molecule is CC(=O)O[C@@H]1[C@H]2C[C@H](OC(=O)c3ccccc3)[C@]3(COC(=O)CC(C)C)[C@@H](OC(C)=O)[C@@H](OC(=O)c4ccccc4)C[C@@H](C)[C@@]13OC2(C)C. The number of carbonyl (C=O) groups excluding carboxylic acids is 5. The molecule has 49 heavy (non-hydrogen) atoms. The minimum atomic E-state index is -1.71. The Morgan fingerprint density at radius 1 is 0.776 bits per heavy atom. The van der Waals surface area contributed by atoms with Crippen molar-refractivity contribution in [2.75, 3.05) is 6.61 Å². The molecule has 2 aromatic rings. The van der Waals surface area contributed by atoms with Crippen molar-refractivity contribution in [1.29, 1.82) is 0 Å². The first-order valence-corrected chi connectivity index (χ1v) is 16.8. The second-order valence-electron chi connectivity index (χ2n) is 14.4. The molecule has 8 atom stereocenters. The van der Waals surface area contributed by atoms with Crippen molar-refractivity contribution in [2.24, 2.45) is 23.2 Å². The van der Waals surface area contributed by atoms with E-state index in [2.05, 4.69) is 0 Å². The number of ether oxygens (including phenoxy) is 6. The maximum absolute atomic E-state index is 13.9. The zero-order valence-corrected chi connectivity index (χ0v) is 29.1. The summed E-state index contributed by atoms with van der Waals surface area (Å²) in [5.74, 6) is -4.20. The number of rotatable bonds is 10. The van der Waals surface area contributed by atoms with Gasteiger partial charge in [-0.05, 0) is 62.8 Å². The Labute approximate surface area is 286 Å². The van der Waals surface area contributed by atoms with Crippen molar-refractivity contribution < 1.29 is 52.4 Å². The molecule has 2 saturated carbocycles. The molecule has 0 N–H and O–H groups in total. The lowest BCUT2D eigenvalue weighted by atomic mass is 9.47. The molecule has 11 nitrogen and oxygen atoms in total. The molecule has 0 radical (unpaired) electrons. The van der Waals surface area contributed by atoms with Gasteiger partial charge < -0.3 is 28.4 Å². The summed E-state index contributed by atoms with van der Waals surface area (Å²) in [6.45, 7) is 11.4. The Morgan fingerprint density at radius 3 is 1.84 bits per heavy atom. The first-order chi connectivity index (χ1) is 23.1. The van der Waals surface area contributed by atoms with Gasteiger partial charge in [-0.15, -0.1) is 0 Å². The summed E-state index contributed by atoms with van der Waals surface area (Å²) >= 11 is 0. The van der Waals surface area contributed by atoms with E-state index in [1.807, 2.05) is 34.6 Å². The molecule has 1 aliphatic heterocycles. The standard InChI is InChI=1S/C38H46O11/c1-22(2)18-31(41)44-21-37-30(48-35(43)27-16-12-9-13-17-27)20-28-32(45-24(4)39)38(37,49-36(28,6)7)23(3)19-29(33(37)46-25(5)40)47-34(42)26-14-10-8-11-15-26/h8-17,22-23,28-30,32-33H,18-21H2,1-7H3/t23-,28-,29+,30+,32-,33+,37-,38-/m1/s1. The van der Waals surface area contributed by atoms with Crippen LogP contribution in [-0.4, -0.2) is 72.1 Å². The van der Waals surface area contributed by atoms with Crippen molar-refractivity contribution in [2.45, 2.75) is 103 Å². The van der Waals surface area contributed by atoms with E-state index in [0.29, 0.717) is 0 Å². The molecule has 0 unspecified atom stereocenters. The third-order valence-electron chi connectivity index (χ3n) is 10.2. The molecule has 2 bridgehead atoms. The smallest absolute Gasteiger partial charge is 0.338 e. The molecular weight excluding hydrogens is 632 g/mol. The Kier molecular flexibility index (Phi) is 10.2. The largest absolute Gasteiger partial charge is 0.465 e. The molecule has 2 aliphatic carbocycles. The van der Waals surface area contributed by atoms with Gasteiger partial charge in [0.25, 0.3) is 0 Å². The van der Waals surface area contributed by atoms with Crippen molar-refractivity contribution in [1.82, 2.24) is 0 Å². The summed E-state index contributed by atoms with van der Waals surface area (Å²) in [6, 6.07) is 16.8. The maximum Gasteiger partial charge on any atom is 0.338 e. The molecule has 3 aliphatic rings. The van der Waals surface area contributed by atoms with Crippen LogP contribution in [-0.2, 0) is 42.8 Å². The predicted octanol–water partition coefficient (Wildman–Crippen LogP) is 5.48. The fraction of sp³-hybridized carbons (Fsp3) is 0.553. The number of esters is 5. The zero-order valence-electron chi connectivity index (χ0n) is 29.1. The van der Waals surface area contributed by atoms with Crippen LogP contribution in [0.5, 0.6) is 0 Å². The van der Waals surface area contributed by atoms with Crippen molar-refractivity contribution >= 4 is 29.8 Å². The Morgan fingerprint density at radius 2 is 1.31 bits per heavy atom. The normalized spacial score (nSPS) is 31.2. The minimum absolute atomic E-state index is 0.0361. The van der Waals surface area contributed by atoms with E-state index in [0.717, 1.165) is 0 Å². The van der Waals surface area contributed by atoms with Crippen LogP contribution in [0.4, 0.5) is 0 Å². The number of benzene rings is 2. The highest BCUT2D eigenvalue weighted by Crippen LogP contribution is 2.68. The van der Waals surface area contributed by atoms with Crippen LogP contribution in [0.15, 0.2) is 60.7 Å². The van der Waals surface area contributed by atoms with Crippen molar-refractivity contribution in [3.05, 3.63) is 71.8 Å². The van der Waals surface area contributed by atoms with Gasteiger partial charge in [0.15, 0.2) is 6.10 Å². The van der Waals surface area contributed by atoms with Crippen LogP contribution >= 0.6 is 0 Å². The van der Waals surface area contributed by atoms with Crippen LogP contribution in [0.3, 0.4) is 0 Å². The van der Waals surface area contributed by atoms with Crippen LogP contribution in [0.1, 0.15) is 88.4 Å². The summed E-state index contributed by atoms with van der Waals surface area (Å²) in [6.07, 6.45) is -4.19. The summed E-state index contributed by atoms with van der Waals surface area (Å²) in [4.78, 5) is 66.6. The lowest BCUT2D eigenvalue weighted by Crippen LogP contribution is -2.78. The van der Waals surface area contributed by atoms with E-state index < -0.39 is 89.3 Å². The third-order valence-corrected chi connectivity index (χ3v) is 10.2. The van der Waals surface area contributed by atoms with Gasteiger partial charge in [0, 0.05) is 26.2 Å². The minimum Gasteiger partial charge on any atom is -0.465 e. The Balaban J connectivity index is 1.74. The Bertz CT molecular complexity index is 1550. The molecule has 2 aromatic carbocycles. The fourth-order valence-electron chi connectivity index (χ4n) is 8.32. The average Bonchev–Trinajstić information content (AvgIpc) is 3.20. The topological polar surface area (TPSA) is 141 Å². The number of fused-ring (bicyclic) bond motifs is 1. The molecule has 0 aromatic heterocycles. The summed E-state index contributed by atoms with van der Waals surface area (Å²) in [5.41, 5.74) is -3.62. The highest BCUT2D eigenvalue weighted by Gasteiger charge is 2.82. The molecule has 0 amide bonds. The van der Waals surface area contributed by atoms with Gasteiger partial charge in [0.1, 0.15) is 35.9 Å². The molecular formula is C38H46O11. The third kappa shape index (κ3) is 6.69. The monoisotopic (exact) mass is 678 g/mol. The molecule has 264 valence electrons. The van der Waals surface area contributed by atoms with E-state index in [-0.39, 0.29) is 36.3 Å². The number of hydrogen-bond donors (Lipinski definition) is 0. The highest BCUT2D eigenvalue weighted by atomic mass is 16.6. The van der Waals surface area contributed by atoms with Gasteiger partial charge in [-0.25, -0.2) is 9.59 Å². The van der Waals surface area contributed by atoms with E-state index in [4.69, 9.17) is 28.4 Å². The lowest BCUT2D eigenvalue weighted by molar-refractivity contribution is -0.317. The van der Waals surface area contributed by atoms with E-state index in [1.54, 1.807) is 60.7 Å². The molecule has 1 heterocycles. The molecule has 5 rings (SSSR count). The quantitative estimate of drug-likeness (QED) is 0.233. The number of carbonyl (C=O) groups is 5. The van der Waals surface area contributed by atoms with Crippen LogP contribution in [0, 0.1) is 23.2 Å². The average molecular weight is 679 g/mol. The molecule has 3 fully saturated rings. The van der Waals surface area contributed by atoms with Gasteiger partial charge in [-0.2, -0.15) is 0 Å². The van der Waals surface area contributed by atoms with Gasteiger partial charge >= 0.3 is 29.8 Å². The fourth-order valence-corrected chi connectivity index (χ4v) is 8.32. The summed E-state index contributed by atoms with van der Waals surface area (Å²) in [7, 11) is 0. The molecule has 1 saturated heterocycles. The first kappa shape index (κ1) is 36.0. The van der Waals surface area contributed by atoms with Crippen LogP contribution in [0.25, 0.3) is 0 Å². The van der Waals surface area contributed by atoms with Gasteiger partial charge in [0.2, 0.25) is 0 Å². The van der Waals surface area contributed by atoms with Crippen LogP contribution < -0.4 is 0 Å². The van der Waals surface area contributed by atoms with Crippen LogP contribution in [0.2, 0.25) is 0 Å². The van der Waals surface area contributed by atoms with Crippen molar-refractivity contribution in [3.8, 4) is 0 Å². The molecule has 1 spiro atoms. The van der Waals surface area contributed by atoms with Gasteiger partial charge in [-0.3, -0.25) is 14.4 Å². The van der Waals surface area contributed by atoms with Crippen molar-refractivity contribution in [3.63, 3.8) is 0 Å². The predicted molar refractivity (Wildman–Crippen MR) is 175 cm³/mol. The number of hydrogen-bond acceptors (Lipinski definition) is 11. The van der Waals surface area contributed by atoms with Gasteiger partial charge in [0.05, 0.1) is 16.7 Å². The summed E-state index contributed by atoms with van der Waals surface area (Å²) in [5, 5.41) is 0. The van der Waals surface area contributed by atoms with E-state index >= 15 is 0 Å². The van der Waals surface area contributed by atoms with E-state index in [9.17, 15) is 24.0 Å². The maximum atomic E-state index is 13.9. The van der Waals surface area contributed by atoms with E-state index in [1.165, 1.54) is 13.8 Å². The summed E-state index contributed by atoms with van der Waals surface area (Å²) < 4.78 is 38.0. The Hall–Kier alpha value is -4.25. The van der Waals surface area contributed by atoms with Gasteiger partial charge in [-0.1, -0.05) is 57.2 Å². The second kappa shape index (κ2) is 13.9. The highest BCUT2D eigenvalue weighted by molar-refractivity contribution is 5.90. The zero-order chi connectivity index (χ0) is 35.7. The molecule has 11 heteroatoms. The lowest BCUT2D eigenvalue weighted by Gasteiger charge is -2.63.